The van der Waals surface area contributed by atoms with Crippen LogP contribution < -0.4 is 0 Å². The summed E-state index contributed by atoms with van der Waals surface area (Å²) < 4.78 is 0. The zero-order valence-electron chi connectivity index (χ0n) is 15.2. The van der Waals surface area contributed by atoms with E-state index in [1.807, 2.05) is 0 Å². The molecule has 0 saturated carbocycles. The maximum atomic E-state index is 2.30. The van der Waals surface area contributed by atoms with Crippen molar-refractivity contribution in [3.63, 3.8) is 0 Å². The highest BCUT2D eigenvalue weighted by Gasteiger charge is 2.01. The van der Waals surface area contributed by atoms with Crippen LogP contribution in [0.25, 0.3) is 0 Å². The first kappa shape index (κ1) is 18.5. The van der Waals surface area contributed by atoms with E-state index in [9.17, 15) is 0 Å². The summed E-state index contributed by atoms with van der Waals surface area (Å²) in [6, 6.07) is 17.3. The molecule has 0 aliphatic rings. The van der Waals surface area contributed by atoms with Gasteiger partial charge < -0.3 is 0 Å². The van der Waals surface area contributed by atoms with Crippen molar-refractivity contribution in [2.75, 3.05) is 0 Å². The molecule has 0 bridgehead atoms. The normalized spacial score (nSPS) is 10.5. The van der Waals surface area contributed by atoms with Gasteiger partial charge in [-0.25, -0.2) is 0 Å². The van der Waals surface area contributed by atoms with Gasteiger partial charge in [-0.05, 0) is 55.2 Å². The standard InChI is InChI=1S/C12H18.C10H14/c1-9(2)7-12-8-10(3)5-6-11(12)4;1-9(2)8-10-6-4-3-5-7-10/h5-6,8-9H,7H2,1-4H3;3-7,9H,8H2,1-2H3. The molecule has 0 saturated heterocycles. The number of hydrogen-bond donors (Lipinski definition) is 0. The molecule has 0 spiro atoms. The first-order valence-corrected chi connectivity index (χ1v) is 8.48. The van der Waals surface area contributed by atoms with Gasteiger partial charge in [-0.3, -0.25) is 0 Å². The predicted molar refractivity (Wildman–Crippen MR) is 99.4 cm³/mol. The van der Waals surface area contributed by atoms with Gasteiger partial charge in [0, 0.05) is 0 Å². The molecule has 120 valence electrons. The maximum absolute atomic E-state index is 2.30. The molecule has 2 rings (SSSR count). The lowest BCUT2D eigenvalue weighted by atomic mass is 9.97. The molecule has 2 aromatic rings. The van der Waals surface area contributed by atoms with E-state index in [1.54, 1.807) is 0 Å². The number of benzene rings is 2. The fraction of sp³-hybridized carbons (Fsp3) is 0.455. The molecule has 0 aromatic heterocycles. The minimum atomic E-state index is 0.755. The summed E-state index contributed by atoms with van der Waals surface area (Å²) in [6.07, 6.45) is 2.40. The van der Waals surface area contributed by atoms with Crippen LogP contribution in [0.1, 0.15) is 49.9 Å². The van der Waals surface area contributed by atoms with Gasteiger partial charge >= 0.3 is 0 Å². The molecule has 0 nitrogen and oxygen atoms in total. The molecule has 0 heterocycles. The average Bonchev–Trinajstić information content (AvgIpc) is 2.43. The van der Waals surface area contributed by atoms with Crippen LogP contribution >= 0.6 is 0 Å². The fourth-order valence-electron chi connectivity index (χ4n) is 2.55. The second-order valence-electron chi connectivity index (χ2n) is 7.11. The Bertz CT molecular complexity index is 535. The van der Waals surface area contributed by atoms with E-state index >= 15 is 0 Å². The summed E-state index contributed by atoms with van der Waals surface area (Å²) >= 11 is 0. The van der Waals surface area contributed by atoms with Crippen LogP contribution in [-0.2, 0) is 12.8 Å². The second kappa shape index (κ2) is 9.46. The third-order valence-corrected chi connectivity index (χ3v) is 3.62. The molecular weight excluding hydrogens is 264 g/mol. The maximum Gasteiger partial charge on any atom is -0.0253 e. The molecule has 0 heteroatoms. The average molecular weight is 296 g/mol. The summed E-state index contributed by atoms with van der Waals surface area (Å²) in [6.45, 7) is 13.4. The van der Waals surface area contributed by atoms with Gasteiger partial charge in [0.25, 0.3) is 0 Å². The van der Waals surface area contributed by atoms with Crippen LogP contribution in [0, 0.1) is 25.7 Å². The van der Waals surface area contributed by atoms with Crippen molar-refractivity contribution in [3.8, 4) is 0 Å². The van der Waals surface area contributed by atoms with Crippen LogP contribution in [-0.4, -0.2) is 0 Å². The van der Waals surface area contributed by atoms with Crippen LogP contribution in [0.2, 0.25) is 0 Å². The second-order valence-corrected chi connectivity index (χ2v) is 7.11. The first-order chi connectivity index (χ1) is 10.4. The summed E-state index contributed by atoms with van der Waals surface area (Å²) in [5, 5.41) is 0. The number of hydrogen-bond acceptors (Lipinski definition) is 0. The van der Waals surface area contributed by atoms with Crippen molar-refractivity contribution in [3.05, 3.63) is 70.8 Å². The van der Waals surface area contributed by atoms with Crippen molar-refractivity contribution < 1.29 is 0 Å². The number of aryl methyl sites for hydroxylation is 2. The zero-order valence-corrected chi connectivity index (χ0v) is 15.2. The Balaban J connectivity index is 0.000000224. The SMILES string of the molecule is CC(C)Cc1ccccc1.Cc1ccc(C)c(CC(C)C)c1. The topological polar surface area (TPSA) is 0 Å². The Labute approximate surface area is 137 Å². The Hall–Kier alpha value is -1.56. The van der Waals surface area contributed by atoms with E-state index in [0.29, 0.717) is 0 Å². The van der Waals surface area contributed by atoms with E-state index in [0.717, 1.165) is 11.8 Å². The molecule has 0 aliphatic carbocycles. The molecule has 0 amide bonds. The largest absolute Gasteiger partial charge is 0.0625 e. The molecule has 2 aromatic carbocycles. The molecular formula is C22H32. The van der Waals surface area contributed by atoms with Gasteiger partial charge in [-0.15, -0.1) is 0 Å². The van der Waals surface area contributed by atoms with Gasteiger partial charge in [0.15, 0.2) is 0 Å². The third-order valence-electron chi connectivity index (χ3n) is 3.62. The van der Waals surface area contributed by atoms with Gasteiger partial charge in [-0.1, -0.05) is 81.8 Å². The highest BCUT2D eigenvalue weighted by atomic mass is 14.1. The molecule has 0 aliphatic heterocycles. The summed E-state index contributed by atoms with van der Waals surface area (Å²) in [5.74, 6) is 1.52. The molecule has 22 heavy (non-hydrogen) atoms. The Morgan fingerprint density at radius 3 is 1.86 bits per heavy atom. The quantitative estimate of drug-likeness (QED) is 0.613. The van der Waals surface area contributed by atoms with Gasteiger partial charge in [0.2, 0.25) is 0 Å². The monoisotopic (exact) mass is 296 g/mol. The molecule has 0 unspecified atom stereocenters. The summed E-state index contributed by atoms with van der Waals surface area (Å²) in [5.41, 5.74) is 5.74. The summed E-state index contributed by atoms with van der Waals surface area (Å²) in [7, 11) is 0. The zero-order chi connectivity index (χ0) is 16.5. The molecule has 0 atom stereocenters. The molecule has 0 fully saturated rings. The molecule has 0 radical (unpaired) electrons. The van der Waals surface area contributed by atoms with E-state index < -0.39 is 0 Å². The van der Waals surface area contributed by atoms with Gasteiger partial charge in [0.1, 0.15) is 0 Å². The van der Waals surface area contributed by atoms with Crippen LogP contribution in [0.5, 0.6) is 0 Å². The van der Waals surface area contributed by atoms with Gasteiger partial charge in [0.05, 0.1) is 0 Å². The minimum Gasteiger partial charge on any atom is -0.0625 e. The van der Waals surface area contributed by atoms with E-state index in [-0.39, 0.29) is 0 Å². The number of rotatable bonds is 4. The Morgan fingerprint density at radius 2 is 1.32 bits per heavy atom. The van der Waals surface area contributed by atoms with Crippen molar-refractivity contribution in [1.82, 2.24) is 0 Å². The van der Waals surface area contributed by atoms with Crippen molar-refractivity contribution >= 4 is 0 Å². The van der Waals surface area contributed by atoms with Crippen LogP contribution in [0.15, 0.2) is 48.5 Å². The molecule has 0 N–H and O–H groups in total. The van der Waals surface area contributed by atoms with Gasteiger partial charge in [-0.2, -0.15) is 0 Å². The van der Waals surface area contributed by atoms with Crippen LogP contribution in [0.4, 0.5) is 0 Å². The van der Waals surface area contributed by atoms with Crippen molar-refractivity contribution in [2.24, 2.45) is 11.8 Å². The van der Waals surface area contributed by atoms with Crippen molar-refractivity contribution in [1.29, 1.82) is 0 Å². The van der Waals surface area contributed by atoms with E-state index in [4.69, 9.17) is 0 Å². The predicted octanol–water partition coefficient (Wildman–Crippen LogP) is 6.39. The Kier molecular flexibility index (Phi) is 7.95. The minimum absolute atomic E-state index is 0.755. The lowest BCUT2D eigenvalue weighted by Gasteiger charge is -2.09. The first-order valence-electron chi connectivity index (χ1n) is 8.48. The van der Waals surface area contributed by atoms with Crippen molar-refractivity contribution in [2.45, 2.75) is 54.4 Å². The van der Waals surface area contributed by atoms with E-state index in [1.165, 1.54) is 35.1 Å². The highest BCUT2D eigenvalue weighted by molar-refractivity contribution is 5.30. The lowest BCUT2D eigenvalue weighted by Crippen LogP contribution is -1.96. The summed E-state index contributed by atoms with van der Waals surface area (Å²) in [4.78, 5) is 0. The van der Waals surface area contributed by atoms with E-state index in [2.05, 4.69) is 90.1 Å². The lowest BCUT2D eigenvalue weighted by molar-refractivity contribution is 0.644. The smallest absolute Gasteiger partial charge is 0.0253 e. The van der Waals surface area contributed by atoms with Crippen LogP contribution in [0.3, 0.4) is 0 Å². The third kappa shape index (κ3) is 7.45. The highest BCUT2D eigenvalue weighted by Crippen LogP contribution is 2.14. The Morgan fingerprint density at radius 1 is 0.727 bits per heavy atom. The fourth-order valence-corrected chi connectivity index (χ4v) is 2.55.